The molecule has 216 valence electrons. The summed E-state index contributed by atoms with van der Waals surface area (Å²) in [5, 5.41) is 8.65. The monoisotopic (exact) mass is 564 g/mol. The molecular weight excluding hydrogens is 528 g/mol. The SMILES string of the molecule is Cc1cc(Nc2ncnc3ccc(N4CCN(C(=O)OC(C)(C)C)C[C@@H]4C)cc23)ccc1Cc1ccn2ncnc2c1. The molecule has 1 amide bonds. The van der Waals surface area contributed by atoms with Crippen LogP contribution in [-0.4, -0.2) is 66.8 Å². The fourth-order valence-corrected chi connectivity index (χ4v) is 5.45. The summed E-state index contributed by atoms with van der Waals surface area (Å²) in [5.74, 6) is 0.756. The summed E-state index contributed by atoms with van der Waals surface area (Å²) in [6.07, 6.45) is 5.66. The van der Waals surface area contributed by atoms with E-state index in [-0.39, 0.29) is 12.1 Å². The Kier molecular flexibility index (Phi) is 7.14. The number of aryl methyl sites for hydroxylation is 1. The van der Waals surface area contributed by atoms with Crippen LogP contribution in [0, 0.1) is 6.92 Å². The number of amides is 1. The predicted octanol–water partition coefficient (Wildman–Crippen LogP) is 5.76. The van der Waals surface area contributed by atoms with Crippen LogP contribution in [0.15, 0.2) is 67.4 Å². The summed E-state index contributed by atoms with van der Waals surface area (Å²) >= 11 is 0. The molecule has 0 bridgehead atoms. The lowest BCUT2D eigenvalue weighted by Gasteiger charge is -2.41. The normalized spacial score (nSPS) is 15.8. The maximum absolute atomic E-state index is 12.6. The van der Waals surface area contributed by atoms with Crippen molar-refractivity contribution < 1.29 is 9.53 Å². The third kappa shape index (κ3) is 5.83. The minimum atomic E-state index is -0.508. The van der Waals surface area contributed by atoms with Gasteiger partial charge in [0.1, 0.15) is 24.1 Å². The lowest BCUT2D eigenvalue weighted by Crippen LogP contribution is -2.54. The third-order valence-electron chi connectivity index (χ3n) is 7.57. The Balaban J connectivity index is 1.19. The van der Waals surface area contributed by atoms with Gasteiger partial charge in [0, 0.05) is 48.6 Å². The highest BCUT2D eigenvalue weighted by atomic mass is 16.6. The van der Waals surface area contributed by atoms with Gasteiger partial charge in [-0.3, -0.25) is 0 Å². The average Bonchev–Trinajstić information content (AvgIpc) is 3.42. The van der Waals surface area contributed by atoms with Crippen LogP contribution in [0.2, 0.25) is 0 Å². The molecule has 1 aliphatic rings. The summed E-state index contributed by atoms with van der Waals surface area (Å²) in [4.78, 5) is 30.1. The molecule has 0 unspecified atom stereocenters. The minimum absolute atomic E-state index is 0.130. The van der Waals surface area contributed by atoms with Gasteiger partial charge in [0.05, 0.1) is 5.52 Å². The number of anilines is 3. The molecule has 2 aromatic carbocycles. The zero-order valence-corrected chi connectivity index (χ0v) is 24.7. The molecule has 4 heterocycles. The molecule has 0 aliphatic carbocycles. The molecule has 6 rings (SSSR count). The number of pyridine rings is 1. The van der Waals surface area contributed by atoms with Crippen molar-refractivity contribution in [3.63, 3.8) is 0 Å². The molecule has 1 fully saturated rings. The van der Waals surface area contributed by atoms with Crippen LogP contribution in [-0.2, 0) is 11.2 Å². The number of hydrogen-bond acceptors (Lipinski definition) is 8. The smallest absolute Gasteiger partial charge is 0.410 e. The molecule has 10 nitrogen and oxygen atoms in total. The summed E-state index contributed by atoms with van der Waals surface area (Å²) < 4.78 is 7.36. The van der Waals surface area contributed by atoms with Crippen molar-refractivity contribution in [2.45, 2.75) is 52.7 Å². The van der Waals surface area contributed by atoms with Gasteiger partial charge in [-0.1, -0.05) is 6.07 Å². The Labute approximate surface area is 245 Å². The van der Waals surface area contributed by atoms with Crippen molar-refractivity contribution in [2.24, 2.45) is 0 Å². The Hall–Kier alpha value is -4.73. The number of carbonyl (C=O) groups is 1. The molecule has 1 saturated heterocycles. The van der Waals surface area contributed by atoms with Crippen molar-refractivity contribution in [3.8, 4) is 0 Å². The second kappa shape index (κ2) is 10.9. The zero-order chi connectivity index (χ0) is 29.4. The first-order chi connectivity index (χ1) is 20.1. The van der Waals surface area contributed by atoms with E-state index in [1.165, 1.54) is 16.7 Å². The Morgan fingerprint density at radius 1 is 1.02 bits per heavy atom. The third-order valence-corrected chi connectivity index (χ3v) is 7.57. The first-order valence-electron chi connectivity index (χ1n) is 14.3. The zero-order valence-electron chi connectivity index (χ0n) is 24.7. The van der Waals surface area contributed by atoms with E-state index >= 15 is 0 Å². The van der Waals surface area contributed by atoms with Crippen molar-refractivity contribution in [1.82, 2.24) is 29.5 Å². The summed E-state index contributed by atoms with van der Waals surface area (Å²) in [6.45, 7) is 11.9. The van der Waals surface area contributed by atoms with Crippen molar-refractivity contribution in [3.05, 3.63) is 84.1 Å². The van der Waals surface area contributed by atoms with Gasteiger partial charge < -0.3 is 19.9 Å². The van der Waals surface area contributed by atoms with Gasteiger partial charge in [-0.15, -0.1) is 0 Å². The molecule has 1 atom stereocenters. The van der Waals surface area contributed by atoms with Crippen LogP contribution >= 0.6 is 0 Å². The molecule has 1 aliphatic heterocycles. The predicted molar refractivity (Wildman–Crippen MR) is 164 cm³/mol. The van der Waals surface area contributed by atoms with E-state index in [0.717, 1.165) is 40.2 Å². The van der Waals surface area contributed by atoms with Gasteiger partial charge in [0.2, 0.25) is 0 Å². The van der Waals surface area contributed by atoms with E-state index in [4.69, 9.17) is 4.74 Å². The summed E-state index contributed by atoms with van der Waals surface area (Å²) in [5.41, 5.74) is 6.88. The molecule has 5 aromatic rings. The van der Waals surface area contributed by atoms with Gasteiger partial charge in [0.25, 0.3) is 0 Å². The quantitative estimate of drug-likeness (QED) is 0.288. The first-order valence-corrected chi connectivity index (χ1v) is 14.3. The molecule has 3 aromatic heterocycles. The maximum atomic E-state index is 12.6. The first kappa shape index (κ1) is 27.4. The lowest BCUT2D eigenvalue weighted by atomic mass is 10.0. The van der Waals surface area contributed by atoms with Gasteiger partial charge in [-0.2, -0.15) is 5.10 Å². The van der Waals surface area contributed by atoms with E-state index < -0.39 is 5.60 Å². The van der Waals surface area contributed by atoms with Crippen LogP contribution in [0.25, 0.3) is 16.6 Å². The van der Waals surface area contributed by atoms with Gasteiger partial charge in [-0.25, -0.2) is 24.3 Å². The van der Waals surface area contributed by atoms with E-state index in [2.05, 4.69) is 86.6 Å². The minimum Gasteiger partial charge on any atom is -0.444 e. The van der Waals surface area contributed by atoms with E-state index in [1.807, 2.05) is 33.0 Å². The topological polar surface area (TPSA) is 101 Å². The number of carbonyl (C=O) groups excluding carboxylic acids is 1. The van der Waals surface area contributed by atoms with Gasteiger partial charge in [0.15, 0.2) is 5.65 Å². The Morgan fingerprint density at radius 2 is 1.88 bits per heavy atom. The Morgan fingerprint density at radius 3 is 2.67 bits per heavy atom. The number of ether oxygens (including phenoxy) is 1. The van der Waals surface area contributed by atoms with Crippen LogP contribution in [0.4, 0.5) is 22.0 Å². The number of benzene rings is 2. The highest BCUT2D eigenvalue weighted by molar-refractivity contribution is 5.93. The van der Waals surface area contributed by atoms with Crippen LogP contribution in [0.1, 0.15) is 44.4 Å². The molecule has 42 heavy (non-hydrogen) atoms. The van der Waals surface area contributed by atoms with Crippen LogP contribution in [0.5, 0.6) is 0 Å². The molecular formula is C32H36N8O2. The fourth-order valence-electron chi connectivity index (χ4n) is 5.45. The maximum Gasteiger partial charge on any atom is 0.410 e. The number of nitrogens with zero attached hydrogens (tertiary/aromatic N) is 7. The van der Waals surface area contributed by atoms with E-state index in [0.29, 0.717) is 19.6 Å². The Bertz CT molecular complexity index is 1760. The van der Waals surface area contributed by atoms with Crippen LogP contribution < -0.4 is 10.2 Å². The number of aromatic nitrogens is 5. The highest BCUT2D eigenvalue weighted by Crippen LogP contribution is 2.30. The second-order valence-corrected chi connectivity index (χ2v) is 11.9. The molecule has 10 heteroatoms. The molecule has 0 saturated carbocycles. The highest BCUT2D eigenvalue weighted by Gasteiger charge is 2.30. The molecule has 0 radical (unpaired) electrons. The second-order valence-electron chi connectivity index (χ2n) is 11.9. The van der Waals surface area contributed by atoms with Crippen molar-refractivity contribution in [2.75, 3.05) is 29.9 Å². The number of nitrogens with one attached hydrogen (secondary N) is 1. The van der Waals surface area contributed by atoms with Crippen molar-refractivity contribution in [1.29, 1.82) is 0 Å². The lowest BCUT2D eigenvalue weighted by molar-refractivity contribution is 0.0219. The number of hydrogen-bond donors (Lipinski definition) is 1. The molecule has 0 spiro atoms. The van der Waals surface area contributed by atoms with Gasteiger partial charge >= 0.3 is 6.09 Å². The number of rotatable bonds is 5. The standard InChI is InChI=1S/C32H36N8O2/c1-21-14-25(7-6-24(21)15-23-10-11-40-29(16-23)34-20-36-40)37-30-27-17-26(8-9-28(27)33-19-35-30)39-13-12-38(18-22(39)2)31(41)42-32(3,4)5/h6-11,14,16-17,19-20,22H,12-13,15,18H2,1-5H3,(H,33,35,37)/t22-/m0/s1. The number of fused-ring (bicyclic) bond motifs is 2. The summed E-state index contributed by atoms with van der Waals surface area (Å²) in [6, 6.07) is 16.9. The largest absolute Gasteiger partial charge is 0.444 e. The van der Waals surface area contributed by atoms with Crippen LogP contribution in [0.3, 0.4) is 0 Å². The van der Waals surface area contributed by atoms with Gasteiger partial charge in [-0.05, 0) is 100 Å². The average molecular weight is 565 g/mol. The fraction of sp³-hybridized carbons (Fsp3) is 0.344. The molecule has 1 N–H and O–H groups in total. The van der Waals surface area contributed by atoms with E-state index in [1.54, 1.807) is 22.1 Å². The number of piperazine rings is 1. The summed E-state index contributed by atoms with van der Waals surface area (Å²) in [7, 11) is 0. The van der Waals surface area contributed by atoms with Crippen molar-refractivity contribution >= 4 is 39.8 Å². The van der Waals surface area contributed by atoms with E-state index in [9.17, 15) is 4.79 Å².